The Bertz CT molecular complexity index is 602. The first kappa shape index (κ1) is 15.6. The molecule has 120 valence electrons. The number of aromatic nitrogens is 2. The molecule has 0 aliphatic carbocycles. The maximum Gasteiger partial charge on any atom is 0.254 e. The molecule has 0 spiro atoms. The number of carbonyl (C=O) groups is 1. The summed E-state index contributed by atoms with van der Waals surface area (Å²) in [5.41, 5.74) is -0.0967. The quantitative estimate of drug-likeness (QED) is 0.830. The van der Waals surface area contributed by atoms with Gasteiger partial charge >= 0.3 is 0 Å². The van der Waals surface area contributed by atoms with Gasteiger partial charge in [0.2, 0.25) is 5.91 Å². The second kappa shape index (κ2) is 6.83. The predicted molar refractivity (Wildman–Crippen MR) is 83.8 cm³/mol. The largest absolute Gasteiger partial charge is 0.396 e. The monoisotopic (exact) mass is 323 g/mol. The molecule has 1 fully saturated rings. The van der Waals surface area contributed by atoms with E-state index in [1.807, 2.05) is 4.90 Å². The summed E-state index contributed by atoms with van der Waals surface area (Å²) in [5, 5.41) is 9.90. The maximum atomic E-state index is 12.9. The van der Waals surface area contributed by atoms with Gasteiger partial charge in [0.05, 0.1) is 5.92 Å². The van der Waals surface area contributed by atoms with Crippen molar-refractivity contribution in [3.8, 4) is 0 Å². The zero-order valence-corrected chi connectivity index (χ0v) is 13.3. The molecule has 1 N–H and O–H groups in total. The van der Waals surface area contributed by atoms with Gasteiger partial charge in [-0.25, -0.2) is 4.98 Å². The molecule has 3 heterocycles. The van der Waals surface area contributed by atoms with E-state index in [9.17, 15) is 14.7 Å². The third-order valence-corrected chi connectivity index (χ3v) is 5.59. The Morgan fingerprint density at radius 3 is 3.14 bits per heavy atom. The molecule has 0 radical (unpaired) electrons. The maximum absolute atomic E-state index is 12.9. The number of amides is 1. The lowest BCUT2D eigenvalue weighted by molar-refractivity contribution is -0.139. The lowest BCUT2D eigenvalue weighted by Gasteiger charge is -2.38. The number of thioether (sulfide) groups is 1. The molecule has 1 saturated heterocycles. The highest BCUT2D eigenvalue weighted by Gasteiger charge is 2.34. The van der Waals surface area contributed by atoms with E-state index in [0.29, 0.717) is 23.9 Å². The normalized spacial score (nSPS) is 24.9. The molecule has 1 aromatic heterocycles. The van der Waals surface area contributed by atoms with E-state index in [4.69, 9.17) is 0 Å². The summed E-state index contributed by atoms with van der Waals surface area (Å²) in [6.07, 6.45) is 5.25. The number of aliphatic hydroxyl groups excluding tert-OH is 1. The summed E-state index contributed by atoms with van der Waals surface area (Å²) in [5.74, 6) is 0.600. The fourth-order valence-corrected chi connectivity index (χ4v) is 4.33. The average molecular weight is 323 g/mol. The van der Waals surface area contributed by atoms with E-state index in [1.54, 1.807) is 4.57 Å². The van der Waals surface area contributed by atoms with E-state index in [2.05, 4.69) is 4.98 Å². The zero-order chi connectivity index (χ0) is 15.5. The van der Waals surface area contributed by atoms with Gasteiger partial charge in [0.1, 0.15) is 0 Å². The van der Waals surface area contributed by atoms with Gasteiger partial charge < -0.3 is 10.0 Å². The van der Waals surface area contributed by atoms with Crippen molar-refractivity contribution in [1.29, 1.82) is 0 Å². The van der Waals surface area contributed by atoms with E-state index in [1.165, 1.54) is 24.0 Å². The van der Waals surface area contributed by atoms with Crippen molar-refractivity contribution in [2.45, 2.75) is 43.4 Å². The van der Waals surface area contributed by atoms with Gasteiger partial charge in [-0.05, 0) is 25.7 Å². The molecule has 2 aliphatic heterocycles. The second-order valence-corrected chi connectivity index (χ2v) is 6.86. The summed E-state index contributed by atoms with van der Waals surface area (Å²) in [7, 11) is 0. The Balaban J connectivity index is 1.75. The molecular formula is C15H21N3O3S. The minimum atomic E-state index is -0.182. The number of rotatable bonds is 3. The standard InChI is InChI=1S/C15H21N3O3S/c19-8-5-12-3-1-2-7-17(12)14(21)11-9-18-13(20)4-6-16-15(18)22-10-11/h4,6,11-12,19H,1-3,5,7-10H2. The van der Waals surface area contributed by atoms with Gasteiger partial charge in [-0.3, -0.25) is 14.2 Å². The molecule has 7 heteroatoms. The minimum Gasteiger partial charge on any atom is -0.396 e. The van der Waals surface area contributed by atoms with Crippen molar-refractivity contribution in [2.75, 3.05) is 18.9 Å². The first-order valence-corrected chi connectivity index (χ1v) is 8.79. The molecule has 1 amide bonds. The van der Waals surface area contributed by atoms with Crippen LogP contribution in [0.2, 0.25) is 0 Å². The number of fused-ring (bicyclic) bond motifs is 1. The van der Waals surface area contributed by atoms with Crippen LogP contribution in [0.1, 0.15) is 25.7 Å². The van der Waals surface area contributed by atoms with Crippen LogP contribution < -0.4 is 5.56 Å². The van der Waals surface area contributed by atoms with Gasteiger partial charge in [-0.15, -0.1) is 0 Å². The second-order valence-electron chi connectivity index (χ2n) is 5.88. The molecule has 3 rings (SSSR count). The van der Waals surface area contributed by atoms with Crippen molar-refractivity contribution in [3.05, 3.63) is 22.6 Å². The van der Waals surface area contributed by atoms with Crippen LogP contribution in [0.15, 0.2) is 22.2 Å². The van der Waals surface area contributed by atoms with Crippen molar-refractivity contribution in [2.24, 2.45) is 5.92 Å². The third kappa shape index (κ3) is 3.05. The Morgan fingerprint density at radius 1 is 1.45 bits per heavy atom. The SMILES string of the molecule is O=C(C1CSc2nccc(=O)n2C1)N1CCCCC1CCO. The zero-order valence-electron chi connectivity index (χ0n) is 12.5. The van der Waals surface area contributed by atoms with E-state index in [-0.39, 0.29) is 30.0 Å². The molecule has 2 aliphatic rings. The van der Waals surface area contributed by atoms with Crippen molar-refractivity contribution in [3.63, 3.8) is 0 Å². The van der Waals surface area contributed by atoms with E-state index in [0.717, 1.165) is 25.8 Å². The fraction of sp³-hybridized carbons (Fsp3) is 0.667. The van der Waals surface area contributed by atoms with Crippen LogP contribution in [0.25, 0.3) is 0 Å². The van der Waals surface area contributed by atoms with Gasteiger partial charge in [0.25, 0.3) is 5.56 Å². The Hall–Kier alpha value is -1.34. The van der Waals surface area contributed by atoms with Crippen LogP contribution >= 0.6 is 11.8 Å². The van der Waals surface area contributed by atoms with E-state index < -0.39 is 0 Å². The van der Waals surface area contributed by atoms with E-state index >= 15 is 0 Å². The lowest BCUT2D eigenvalue weighted by atomic mass is 9.97. The lowest BCUT2D eigenvalue weighted by Crippen LogP contribution is -2.49. The molecule has 0 aromatic carbocycles. The molecule has 1 aromatic rings. The number of nitrogens with zero attached hydrogens (tertiary/aromatic N) is 3. The van der Waals surface area contributed by atoms with Crippen LogP contribution in [-0.2, 0) is 11.3 Å². The molecule has 0 saturated carbocycles. The van der Waals surface area contributed by atoms with Gasteiger partial charge in [-0.1, -0.05) is 11.8 Å². The number of likely N-dealkylation sites (tertiary alicyclic amines) is 1. The van der Waals surface area contributed by atoms with Crippen LogP contribution in [-0.4, -0.2) is 50.4 Å². The molecule has 22 heavy (non-hydrogen) atoms. The Kier molecular flexibility index (Phi) is 4.83. The Morgan fingerprint density at radius 2 is 2.32 bits per heavy atom. The smallest absolute Gasteiger partial charge is 0.254 e. The highest BCUT2D eigenvalue weighted by molar-refractivity contribution is 7.99. The van der Waals surface area contributed by atoms with Gasteiger partial charge in [0, 0.05) is 43.8 Å². The van der Waals surface area contributed by atoms with Crippen LogP contribution in [0, 0.1) is 5.92 Å². The summed E-state index contributed by atoms with van der Waals surface area (Å²) in [4.78, 5) is 30.9. The minimum absolute atomic E-state index is 0.0967. The summed E-state index contributed by atoms with van der Waals surface area (Å²) in [6, 6.07) is 1.58. The fourth-order valence-electron chi connectivity index (χ4n) is 3.27. The molecule has 2 unspecified atom stereocenters. The predicted octanol–water partition coefficient (Wildman–Crippen LogP) is 0.729. The summed E-state index contributed by atoms with van der Waals surface area (Å²) < 4.78 is 1.60. The molecule has 2 atom stereocenters. The summed E-state index contributed by atoms with van der Waals surface area (Å²) >= 11 is 1.47. The summed E-state index contributed by atoms with van der Waals surface area (Å²) in [6.45, 7) is 1.29. The third-order valence-electron chi connectivity index (χ3n) is 4.44. The van der Waals surface area contributed by atoms with Gasteiger partial charge in [0.15, 0.2) is 5.16 Å². The number of carbonyl (C=O) groups excluding carboxylic acids is 1. The first-order chi connectivity index (χ1) is 10.7. The van der Waals surface area contributed by atoms with Crippen LogP contribution in [0.4, 0.5) is 0 Å². The van der Waals surface area contributed by atoms with Gasteiger partial charge in [-0.2, -0.15) is 0 Å². The van der Waals surface area contributed by atoms with Crippen molar-refractivity contribution >= 4 is 17.7 Å². The highest BCUT2D eigenvalue weighted by Crippen LogP contribution is 2.28. The number of hydrogen-bond acceptors (Lipinski definition) is 5. The number of aliphatic hydroxyl groups is 1. The van der Waals surface area contributed by atoms with Crippen molar-refractivity contribution in [1.82, 2.24) is 14.5 Å². The average Bonchev–Trinajstić information content (AvgIpc) is 2.55. The van der Waals surface area contributed by atoms with Crippen LogP contribution in [0.3, 0.4) is 0 Å². The first-order valence-electron chi connectivity index (χ1n) is 7.80. The topological polar surface area (TPSA) is 75.4 Å². The molecule has 0 bridgehead atoms. The van der Waals surface area contributed by atoms with Crippen LogP contribution in [0.5, 0.6) is 0 Å². The highest BCUT2D eigenvalue weighted by atomic mass is 32.2. The molecule has 6 nitrogen and oxygen atoms in total. The Labute approximate surface area is 133 Å². The van der Waals surface area contributed by atoms with Crippen molar-refractivity contribution < 1.29 is 9.90 Å². The molecular weight excluding hydrogens is 302 g/mol. The number of piperidine rings is 1. The number of hydrogen-bond donors (Lipinski definition) is 1.